The minimum Gasteiger partial charge on any atom is -0.255 e. The lowest BCUT2D eigenvalue weighted by molar-refractivity contribution is 1.25. The fourth-order valence-electron chi connectivity index (χ4n) is 3.48. The van der Waals surface area contributed by atoms with Gasteiger partial charge in [0, 0.05) is 21.5 Å². The Bertz CT molecular complexity index is 1280. The first kappa shape index (κ1) is 18.0. The van der Waals surface area contributed by atoms with Crippen LogP contribution in [0.1, 0.15) is 0 Å². The highest BCUT2D eigenvalue weighted by Crippen LogP contribution is 2.29. The number of halogens is 1. The van der Waals surface area contributed by atoms with E-state index in [-0.39, 0.29) is 0 Å². The van der Waals surface area contributed by atoms with E-state index in [1.165, 1.54) is 31.0 Å². The van der Waals surface area contributed by atoms with Crippen LogP contribution in [0.15, 0.2) is 103 Å². The van der Waals surface area contributed by atoms with Crippen molar-refractivity contribution >= 4 is 33.4 Å². The van der Waals surface area contributed by atoms with E-state index in [9.17, 15) is 0 Å². The van der Waals surface area contributed by atoms with Crippen LogP contribution < -0.4 is 0 Å². The second-order valence-corrected chi connectivity index (χ2v) is 8.18. The van der Waals surface area contributed by atoms with Gasteiger partial charge in [0.25, 0.3) is 0 Å². The van der Waals surface area contributed by atoms with Gasteiger partial charge in [-0.1, -0.05) is 48.5 Å². The summed E-state index contributed by atoms with van der Waals surface area (Å²) in [5, 5.41) is 2.47. The minimum absolute atomic E-state index is 0.886. The van der Waals surface area contributed by atoms with Crippen LogP contribution in [0, 0.1) is 3.57 Å². The fraction of sp³-hybridized carbons (Fsp3) is 0. The number of pyridine rings is 2. The third kappa shape index (κ3) is 3.78. The van der Waals surface area contributed by atoms with Gasteiger partial charge in [0.15, 0.2) is 0 Å². The Morgan fingerprint density at radius 3 is 1.76 bits per heavy atom. The maximum atomic E-state index is 4.60. The molecule has 0 amide bonds. The van der Waals surface area contributed by atoms with Crippen LogP contribution >= 0.6 is 22.6 Å². The minimum atomic E-state index is 0.886. The number of benzene rings is 3. The van der Waals surface area contributed by atoms with E-state index in [1.807, 2.05) is 30.5 Å². The third-order valence-electron chi connectivity index (χ3n) is 5.04. The van der Waals surface area contributed by atoms with Gasteiger partial charge >= 0.3 is 0 Å². The predicted molar refractivity (Wildman–Crippen MR) is 129 cm³/mol. The molecule has 0 aliphatic rings. The Morgan fingerprint density at radius 2 is 1.14 bits per heavy atom. The molecule has 0 aliphatic heterocycles. The Morgan fingerprint density at radius 1 is 0.517 bits per heavy atom. The predicted octanol–water partition coefficient (Wildman–Crippen LogP) is 7.24. The normalized spacial score (nSPS) is 10.9. The molecule has 2 heterocycles. The summed E-state index contributed by atoms with van der Waals surface area (Å²) in [4.78, 5) is 8.97. The van der Waals surface area contributed by atoms with Crippen LogP contribution in [0.2, 0.25) is 0 Å². The average molecular weight is 484 g/mol. The average Bonchev–Trinajstić information content (AvgIpc) is 2.80. The summed E-state index contributed by atoms with van der Waals surface area (Å²) in [6.07, 6.45) is 3.71. The molecule has 0 spiro atoms. The molecule has 0 atom stereocenters. The van der Waals surface area contributed by atoms with Gasteiger partial charge in [-0.2, -0.15) is 0 Å². The zero-order valence-corrected chi connectivity index (χ0v) is 17.7. The standard InChI is InChI=1S/C26H17IN2/c27-24-11-8-18(9-12-24)19-4-5-21-16-22(7-6-20(21)15-19)23-10-13-26(29-17-23)25-3-1-2-14-28-25/h1-17H. The Hall–Kier alpha value is -3.05. The zero-order chi connectivity index (χ0) is 19.6. The maximum absolute atomic E-state index is 4.60. The Labute approximate surface area is 183 Å². The summed E-state index contributed by atoms with van der Waals surface area (Å²) in [6, 6.07) is 31.9. The lowest BCUT2D eigenvalue weighted by Crippen LogP contribution is -1.87. The first-order valence-corrected chi connectivity index (χ1v) is 10.5. The van der Waals surface area contributed by atoms with Crippen molar-refractivity contribution in [3.63, 3.8) is 0 Å². The van der Waals surface area contributed by atoms with Crippen molar-refractivity contribution in [1.82, 2.24) is 9.97 Å². The molecule has 29 heavy (non-hydrogen) atoms. The molecular weight excluding hydrogens is 467 g/mol. The molecule has 0 radical (unpaired) electrons. The smallest absolute Gasteiger partial charge is 0.0886 e. The summed E-state index contributed by atoms with van der Waals surface area (Å²) in [7, 11) is 0. The van der Waals surface area contributed by atoms with Crippen LogP contribution in [0.3, 0.4) is 0 Å². The van der Waals surface area contributed by atoms with Gasteiger partial charge in [-0.05, 0) is 92.5 Å². The summed E-state index contributed by atoms with van der Waals surface area (Å²) >= 11 is 2.34. The monoisotopic (exact) mass is 484 g/mol. The second-order valence-electron chi connectivity index (χ2n) is 6.93. The SMILES string of the molecule is Ic1ccc(-c2ccc3cc(-c4ccc(-c5ccccn5)nc4)ccc3c2)cc1. The lowest BCUT2D eigenvalue weighted by atomic mass is 9.98. The quantitative estimate of drug-likeness (QED) is 0.253. The van der Waals surface area contributed by atoms with Crippen LogP contribution in [0.25, 0.3) is 44.4 Å². The van der Waals surface area contributed by atoms with E-state index in [0.717, 1.165) is 17.0 Å². The van der Waals surface area contributed by atoms with Crippen LogP contribution in [-0.2, 0) is 0 Å². The van der Waals surface area contributed by atoms with Crippen molar-refractivity contribution in [2.24, 2.45) is 0 Å². The number of nitrogens with zero attached hydrogens (tertiary/aromatic N) is 2. The molecule has 0 fully saturated rings. The Balaban J connectivity index is 1.47. The van der Waals surface area contributed by atoms with Gasteiger partial charge in [0.2, 0.25) is 0 Å². The fourth-order valence-corrected chi connectivity index (χ4v) is 3.84. The number of hydrogen-bond acceptors (Lipinski definition) is 2. The highest BCUT2D eigenvalue weighted by Gasteiger charge is 2.05. The van der Waals surface area contributed by atoms with Crippen LogP contribution in [0.5, 0.6) is 0 Å². The second kappa shape index (κ2) is 7.76. The van der Waals surface area contributed by atoms with E-state index in [0.29, 0.717) is 0 Å². The van der Waals surface area contributed by atoms with Crippen molar-refractivity contribution in [1.29, 1.82) is 0 Å². The molecule has 0 saturated carbocycles. The molecule has 0 aliphatic carbocycles. The highest BCUT2D eigenvalue weighted by atomic mass is 127. The molecule has 0 N–H and O–H groups in total. The topological polar surface area (TPSA) is 25.8 Å². The van der Waals surface area contributed by atoms with Crippen LogP contribution in [-0.4, -0.2) is 9.97 Å². The van der Waals surface area contributed by atoms with E-state index in [1.54, 1.807) is 6.20 Å². The number of rotatable bonds is 3. The first-order valence-electron chi connectivity index (χ1n) is 9.44. The van der Waals surface area contributed by atoms with E-state index in [4.69, 9.17) is 0 Å². The maximum Gasteiger partial charge on any atom is 0.0886 e. The lowest BCUT2D eigenvalue weighted by Gasteiger charge is -2.08. The molecule has 0 saturated heterocycles. The zero-order valence-electron chi connectivity index (χ0n) is 15.6. The van der Waals surface area contributed by atoms with Crippen LogP contribution in [0.4, 0.5) is 0 Å². The molecule has 3 heteroatoms. The van der Waals surface area contributed by atoms with Crippen molar-refractivity contribution in [3.8, 4) is 33.6 Å². The van der Waals surface area contributed by atoms with Crippen molar-refractivity contribution in [2.45, 2.75) is 0 Å². The molecule has 0 unspecified atom stereocenters. The van der Waals surface area contributed by atoms with E-state index in [2.05, 4.69) is 99.3 Å². The number of aromatic nitrogens is 2. The molecule has 5 aromatic rings. The van der Waals surface area contributed by atoms with Crippen molar-refractivity contribution in [3.05, 3.63) is 107 Å². The van der Waals surface area contributed by atoms with Gasteiger partial charge in [-0.3, -0.25) is 9.97 Å². The van der Waals surface area contributed by atoms with Gasteiger partial charge in [0.05, 0.1) is 11.4 Å². The Kier molecular flexibility index (Phi) is 4.82. The van der Waals surface area contributed by atoms with Gasteiger partial charge in [-0.25, -0.2) is 0 Å². The number of fused-ring (bicyclic) bond motifs is 1. The molecular formula is C26H17IN2. The first-order chi connectivity index (χ1) is 14.3. The van der Waals surface area contributed by atoms with Crippen molar-refractivity contribution < 1.29 is 0 Å². The number of hydrogen-bond donors (Lipinski definition) is 0. The molecule has 2 aromatic heterocycles. The van der Waals surface area contributed by atoms with Gasteiger partial charge in [-0.15, -0.1) is 0 Å². The largest absolute Gasteiger partial charge is 0.255 e. The van der Waals surface area contributed by atoms with Crippen molar-refractivity contribution in [2.75, 3.05) is 0 Å². The highest BCUT2D eigenvalue weighted by molar-refractivity contribution is 14.1. The summed E-state index contributed by atoms with van der Waals surface area (Å²) < 4.78 is 1.25. The molecule has 0 bridgehead atoms. The summed E-state index contributed by atoms with van der Waals surface area (Å²) in [5.41, 5.74) is 6.53. The molecule has 2 nitrogen and oxygen atoms in total. The molecule has 138 valence electrons. The van der Waals surface area contributed by atoms with E-state index < -0.39 is 0 Å². The van der Waals surface area contributed by atoms with Gasteiger partial charge < -0.3 is 0 Å². The van der Waals surface area contributed by atoms with E-state index >= 15 is 0 Å². The summed E-state index contributed by atoms with van der Waals surface area (Å²) in [6.45, 7) is 0. The summed E-state index contributed by atoms with van der Waals surface area (Å²) in [5.74, 6) is 0. The molecule has 5 rings (SSSR count). The van der Waals surface area contributed by atoms with Gasteiger partial charge in [0.1, 0.15) is 0 Å². The molecule has 3 aromatic carbocycles. The third-order valence-corrected chi connectivity index (χ3v) is 5.76.